The zero-order chi connectivity index (χ0) is 15.0. The Bertz CT molecular complexity index is 431. The van der Waals surface area contributed by atoms with E-state index in [1.54, 1.807) is 0 Å². The number of nitrogens with one attached hydrogen (secondary N) is 1. The van der Waals surface area contributed by atoms with Crippen LogP contribution in [-0.4, -0.2) is 25.6 Å². The topological polar surface area (TPSA) is 64.4 Å². The average molecular weight is 380 g/mol. The molecule has 0 saturated heterocycles. The van der Waals surface area contributed by atoms with Gasteiger partial charge in [-0.05, 0) is 31.0 Å². The zero-order valence-corrected chi connectivity index (χ0v) is 14.9. The molecular weight excluding hydrogens is 356 g/mol. The number of hydrogen-bond donors (Lipinski definition) is 2. The molecule has 0 unspecified atom stereocenters. The summed E-state index contributed by atoms with van der Waals surface area (Å²) < 4.78 is 6.55. The first-order valence-corrected chi connectivity index (χ1v) is 7.74. The molecule has 0 aliphatic carbocycles. The smallest absolute Gasteiger partial charge is 0.227 e. The van der Waals surface area contributed by atoms with Crippen molar-refractivity contribution in [1.82, 2.24) is 5.32 Å². The van der Waals surface area contributed by atoms with E-state index < -0.39 is 5.41 Å². The van der Waals surface area contributed by atoms with Crippen LogP contribution in [0, 0.1) is 5.41 Å². The van der Waals surface area contributed by atoms with E-state index in [9.17, 15) is 4.79 Å². The van der Waals surface area contributed by atoms with Crippen LogP contribution in [0.5, 0.6) is 5.75 Å². The van der Waals surface area contributed by atoms with Gasteiger partial charge in [0.15, 0.2) is 0 Å². The van der Waals surface area contributed by atoms with Crippen molar-refractivity contribution >= 4 is 34.2 Å². The fraction of sp³-hybridized carbons (Fsp3) is 0.533. The first-order chi connectivity index (χ1) is 9.57. The molecule has 3 N–H and O–H groups in total. The van der Waals surface area contributed by atoms with Crippen molar-refractivity contribution in [3.63, 3.8) is 0 Å². The molecule has 0 aliphatic rings. The van der Waals surface area contributed by atoms with Crippen molar-refractivity contribution in [2.24, 2.45) is 11.1 Å². The minimum Gasteiger partial charge on any atom is -0.492 e. The third kappa shape index (κ3) is 5.85. The van der Waals surface area contributed by atoms with Gasteiger partial charge in [-0.1, -0.05) is 35.8 Å². The van der Waals surface area contributed by atoms with E-state index in [2.05, 4.69) is 21.2 Å². The summed E-state index contributed by atoms with van der Waals surface area (Å²) in [5, 5.41) is 2.91. The molecule has 0 bridgehead atoms. The lowest BCUT2D eigenvalue weighted by molar-refractivity contribution is -0.131. The summed E-state index contributed by atoms with van der Waals surface area (Å²) in [6, 6.07) is 7.62. The number of hydrogen-bond acceptors (Lipinski definition) is 3. The van der Waals surface area contributed by atoms with Crippen LogP contribution in [0.2, 0.25) is 0 Å². The van der Waals surface area contributed by atoms with E-state index in [1.807, 2.05) is 38.1 Å². The SMILES string of the molecule is CCC(CC)(CN)C(=O)NCCOc1cccc(Br)c1.Cl. The van der Waals surface area contributed by atoms with E-state index in [0.29, 0.717) is 19.7 Å². The molecule has 1 aromatic carbocycles. The van der Waals surface area contributed by atoms with Crippen LogP contribution < -0.4 is 15.8 Å². The Kier molecular flexibility index (Phi) is 9.66. The van der Waals surface area contributed by atoms with Gasteiger partial charge in [0.1, 0.15) is 12.4 Å². The van der Waals surface area contributed by atoms with E-state index in [-0.39, 0.29) is 18.3 Å². The highest BCUT2D eigenvalue weighted by Gasteiger charge is 2.32. The Morgan fingerprint density at radius 2 is 2.05 bits per heavy atom. The Labute approximate surface area is 141 Å². The van der Waals surface area contributed by atoms with Crippen LogP contribution in [0.1, 0.15) is 26.7 Å². The summed E-state index contributed by atoms with van der Waals surface area (Å²) in [6.07, 6.45) is 1.50. The summed E-state index contributed by atoms with van der Waals surface area (Å²) in [5.74, 6) is 0.799. The maximum atomic E-state index is 12.2. The molecule has 0 saturated carbocycles. The maximum Gasteiger partial charge on any atom is 0.227 e. The van der Waals surface area contributed by atoms with Crippen molar-refractivity contribution in [3.8, 4) is 5.75 Å². The van der Waals surface area contributed by atoms with Crippen LogP contribution in [0.15, 0.2) is 28.7 Å². The third-order valence-corrected chi connectivity index (χ3v) is 4.17. The van der Waals surface area contributed by atoms with Crippen molar-refractivity contribution in [3.05, 3.63) is 28.7 Å². The molecule has 1 rings (SSSR count). The Hall–Kier alpha value is -0.780. The summed E-state index contributed by atoms with van der Waals surface area (Å²) in [7, 11) is 0. The second-order valence-corrected chi connectivity index (χ2v) is 5.67. The molecule has 0 heterocycles. The van der Waals surface area contributed by atoms with Crippen LogP contribution in [0.4, 0.5) is 0 Å². The number of rotatable bonds is 8. The van der Waals surface area contributed by atoms with E-state index in [0.717, 1.165) is 23.1 Å². The van der Waals surface area contributed by atoms with Crippen LogP contribution in [0.3, 0.4) is 0 Å². The van der Waals surface area contributed by atoms with Gasteiger partial charge in [-0.2, -0.15) is 0 Å². The fourth-order valence-electron chi connectivity index (χ4n) is 2.03. The van der Waals surface area contributed by atoms with Crippen molar-refractivity contribution in [2.75, 3.05) is 19.7 Å². The molecule has 0 fully saturated rings. The van der Waals surface area contributed by atoms with Crippen molar-refractivity contribution < 1.29 is 9.53 Å². The Morgan fingerprint density at radius 3 is 2.57 bits per heavy atom. The molecule has 0 aliphatic heterocycles. The fourth-order valence-corrected chi connectivity index (χ4v) is 2.41. The number of ether oxygens (including phenoxy) is 1. The highest BCUT2D eigenvalue weighted by molar-refractivity contribution is 9.10. The molecule has 0 radical (unpaired) electrons. The molecule has 21 heavy (non-hydrogen) atoms. The van der Waals surface area contributed by atoms with Gasteiger partial charge in [0, 0.05) is 11.0 Å². The number of amides is 1. The standard InChI is InChI=1S/C15H23BrN2O2.ClH/c1-3-15(4-2,11-17)14(19)18-8-9-20-13-7-5-6-12(16)10-13;/h5-7,10H,3-4,8-9,11,17H2,1-2H3,(H,18,19);1H. The minimum absolute atomic E-state index is 0. The van der Waals surface area contributed by atoms with Gasteiger partial charge in [0.25, 0.3) is 0 Å². The summed E-state index contributed by atoms with van der Waals surface area (Å²) in [4.78, 5) is 12.2. The molecule has 0 atom stereocenters. The van der Waals surface area contributed by atoms with E-state index >= 15 is 0 Å². The predicted molar refractivity (Wildman–Crippen MR) is 92.0 cm³/mol. The molecule has 0 spiro atoms. The highest BCUT2D eigenvalue weighted by atomic mass is 79.9. The molecule has 6 heteroatoms. The number of halogens is 2. The van der Waals surface area contributed by atoms with E-state index in [4.69, 9.17) is 10.5 Å². The molecule has 1 aromatic rings. The second kappa shape index (κ2) is 10.0. The predicted octanol–water partition coefficient (Wildman–Crippen LogP) is 3.13. The van der Waals surface area contributed by atoms with Gasteiger partial charge in [-0.3, -0.25) is 4.79 Å². The number of carbonyl (C=O) groups is 1. The van der Waals surface area contributed by atoms with Crippen LogP contribution in [-0.2, 0) is 4.79 Å². The van der Waals surface area contributed by atoms with Gasteiger partial charge in [0.05, 0.1) is 12.0 Å². The quantitative estimate of drug-likeness (QED) is 0.682. The molecule has 0 aromatic heterocycles. The summed E-state index contributed by atoms with van der Waals surface area (Å²) in [5.41, 5.74) is 5.30. The van der Waals surface area contributed by atoms with Gasteiger partial charge in [-0.15, -0.1) is 12.4 Å². The molecule has 4 nitrogen and oxygen atoms in total. The third-order valence-electron chi connectivity index (χ3n) is 3.68. The first kappa shape index (κ1) is 20.2. The minimum atomic E-state index is -0.449. The lowest BCUT2D eigenvalue weighted by Crippen LogP contribution is -2.46. The molecule has 120 valence electrons. The van der Waals surface area contributed by atoms with Crippen LogP contribution >= 0.6 is 28.3 Å². The van der Waals surface area contributed by atoms with E-state index in [1.165, 1.54) is 0 Å². The van der Waals surface area contributed by atoms with Gasteiger partial charge in [0.2, 0.25) is 5.91 Å². The summed E-state index contributed by atoms with van der Waals surface area (Å²) >= 11 is 3.38. The van der Waals surface area contributed by atoms with Crippen LogP contribution in [0.25, 0.3) is 0 Å². The average Bonchev–Trinajstić information content (AvgIpc) is 2.46. The highest BCUT2D eigenvalue weighted by Crippen LogP contribution is 2.24. The summed E-state index contributed by atoms with van der Waals surface area (Å²) in [6.45, 7) is 5.28. The maximum absolute atomic E-state index is 12.2. The largest absolute Gasteiger partial charge is 0.492 e. The van der Waals surface area contributed by atoms with Gasteiger partial charge < -0.3 is 15.8 Å². The lowest BCUT2D eigenvalue weighted by atomic mass is 9.81. The lowest BCUT2D eigenvalue weighted by Gasteiger charge is -2.28. The number of nitrogens with two attached hydrogens (primary N) is 1. The van der Waals surface area contributed by atoms with Gasteiger partial charge in [-0.25, -0.2) is 0 Å². The molecule has 1 amide bonds. The second-order valence-electron chi connectivity index (χ2n) is 4.75. The van der Waals surface area contributed by atoms with Gasteiger partial charge >= 0.3 is 0 Å². The van der Waals surface area contributed by atoms with Crippen molar-refractivity contribution in [2.45, 2.75) is 26.7 Å². The Morgan fingerprint density at radius 1 is 1.38 bits per heavy atom. The zero-order valence-electron chi connectivity index (χ0n) is 12.5. The Balaban J connectivity index is 0.00000400. The number of carbonyl (C=O) groups excluding carboxylic acids is 1. The first-order valence-electron chi connectivity index (χ1n) is 6.94. The molecular formula is C15H24BrClN2O2. The van der Waals surface area contributed by atoms with Crippen molar-refractivity contribution in [1.29, 1.82) is 0 Å². The monoisotopic (exact) mass is 378 g/mol. The number of benzene rings is 1. The normalized spacial score (nSPS) is 10.7.